The standard InChI is InChI=1S/C24H38O2/c1-3-5-6-7-8-9-10-11-12-14-18-22(17-4-2)21-24(25)26-23-19-15-13-16-20-23/h4,13,15-16,19-20,22H,2-3,5-12,14,17-18,21H2,1H3. The molecule has 1 rings (SSSR count). The molecule has 146 valence electrons. The van der Waals surface area contributed by atoms with Gasteiger partial charge in [-0.05, 0) is 30.9 Å². The fraction of sp³-hybridized carbons (Fsp3) is 0.625. The van der Waals surface area contributed by atoms with E-state index < -0.39 is 0 Å². The summed E-state index contributed by atoms with van der Waals surface area (Å²) >= 11 is 0. The highest BCUT2D eigenvalue weighted by molar-refractivity contribution is 5.72. The molecule has 1 aromatic rings. The summed E-state index contributed by atoms with van der Waals surface area (Å²) in [6, 6.07) is 9.33. The predicted molar refractivity (Wildman–Crippen MR) is 111 cm³/mol. The lowest BCUT2D eigenvalue weighted by Crippen LogP contribution is -2.14. The van der Waals surface area contributed by atoms with Crippen LogP contribution in [-0.2, 0) is 4.79 Å². The normalized spacial score (nSPS) is 11.9. The number of para-hydroxylation sites is 1. The molecule has 0 spiro atoms. The maximum Gasteiger partial charge on any atom is 0.311 e. The molecule has 0 aromatic heterocycles. The maximum absolute atomic E-state index is 12.1. The molecule has 26 heavy (non-hydrogen) atoms. The van der Waals surface area contributed by atoms with Gasteiger partial charge in [0.05, 0.1) is 0 Å². The monoisotopic (exact) mass is 358 g/mol. The number of carbonyl (C=O) groups is 1. The molecule has 0 N–H and O–H groups in total. The van der Waals surface area contributed by atoms with Crippen molar-refractivity contribution < 1.29 is 9.53 Å². The first-order valence-electron chi connectivity index (χ1n) is 10.6. The Hall–Kier alpha value is -1.57. The summed E-state index contributed by atoms with van der Waals surface area (Å²) in [7, 11) is 0. The molecule has 0 bridgehead atoms. The highest BCUT2D eigenvalue weighted by Crippen LogP contribution is 2.21. The van der Waals surface area contributed by atoms with Gasteiger partial charge in [0.2, 0.25) is 0 Å². The molecule has 0 saturated carbocycles. The number of carbonyl (C=O) groups excluding carboxylic acids is 1. The van der Waals surface area contributed by atoms with Crippen LogP contribution in [0.25, 0.3) is 0 Å². The minimum absolute atomic E-state index is 0.130. The Kier molecular flexibility index (Phi) is 13.5. The first-order valence-corrected chi connectivity index (χ1v) is 10.6. The highest BCUT2D eigenvalue weighted by Gasteiger charge is 2.14. The maximum atomic E-state index is 12.1. The Labute approximate surface area is 161 Å². The number of benzene rings is 1. The van der Waals surface area contributed by atoms with Crippen LogP contribution in [0.5, 0.6) is 5.75 Å². The first kappa shape index (κ1) is 22.5. The Morgan fingerprint density at radius 3 is 2.12 bits per heavy atom. The van der Waals surface area contributed by atoms with E-state index in [0.29, 0.717) is 18.1 Å². The van der Waals surface area contributed by atoms with Gasteiger partial charge in [-0.1, -0.05) is 95.4 Å². The van der Waals surface area contributed by atoms with Crippen LogP contribution in [0.1, 0.15) is 90.4 Å². The van der Waals surface area contributed by atoms with E-state index in [9.17, 15) is 4.79 Å². The van der Waals surface area contributed by atoms with Gasteiger partial charge in [0, 0.05) is 6.42 Å². The van der Waals surface area contributed by atoms with Gasteiger partial charge in [0.15, 0.2) is 0 Å². The van der Waals surface area contributed by atoms with Crippen LogP contribution in [0, 0.1) is 5.92 Å². The van der Waals surface area contributed by atoms with Gasteiger partial charge < -0.3 is 4.74 Å². The van der Waals surface area contributed by atoms with Crippen molar-refractivity contribution in [1.82, 2.24) is 0 Å². The quantitative estimate of drug-likeness (QED) is 0.132. The largest absolute Gasteiger partial charge is 0.427 e. The predicted octanol–water partition coefficient (Wildman–Crippen LogP) is 7.49. The van der Waals surface area contributed by atoms with Gasteiger partial charge in [-0.25, -0.2) is 0 Å². The van der Waals surface area contributed by atoms with Gasteiger partial charge in [-0.2, -0.15) is 0 Å². The number of allylic oxidation sites excluding steroid dienone is 1. The Balaban J connectivity index is 2.11. The zero-order valence-electron chi connectivity index (χ0n) is 16.8. The van der Waals surface area contributed by atoms with Crippen molar-refractivity contribution in [3.8, 4) is 5.75 Å². The Morgan fingerprint density at radius 2 is 1.54 bits per heavy atom. The molecule has 1 unspecified atom stereocenters. The van der Waals surface area contributed by atoms with Crippen LogP contribution < -0.4 is 4.74 Å². The lowest BCUT2D eigenvalue weighted by Gasteiger charge is -2.14. The van der Waals surface area contributed by atoms with Gasteiger partial charge >= 0.3 is 5.97 Å². The van der Waals surface area contributed by atoms with Crippen molar-refractivity contribution >= 4 is 5.97 Å². The van der Waals surface area contributed by atoms with Crippen molar-refractivity contribution in [2.24, 2.45) is 5.92 Å². The zero-order valence-corrected chi connectivity index (χ0v) is 16.8. The van der Waals surface area contributed by atoms with Crippen molar-refractivity contribution in [1.29, 1.82) is 0 Å². The topological polar surface area (TPSA) is 26.3 Å². The van der Waals surface area contributed by atoms with E-state index in [1.807, 2.05) is 36.4 Å². The van der Waals surface area contributed by atoms with E-state index in [2.05, 4.69) is 13.5 Å². The lowest BCUT2D eigenvalue weighted by atomic mass is 9.94. The summed E-state index contributed by atoms with van der Waals surface area (Å²) in [5, 5.41) is 0. The summed E-state index contributed by atoms with van der Waals surface area (Å²) in [4.78, 5) is 12.1. The summed E-state index contributed by atoms with van der Waals surface area (Å²) in [6.45, 7) is 6.10. The number of unbranched alkanes of at least 4 members (excludes halogenated alkanes) is 9. The Bertz CT molecular complexity index is 466. The molecule has 0 aliphatic carbocycles. The second-order valence-corrected chi connectivity index (χ2v) is 7.35. The second-order valence-electron chi connectivity index (χ2n) is 7.35. The number of hydrogen-bond acceptors (Lipinski definition) is 2. The fourth-order valence-corrected chi connectivity index (χ4v) is 3.36. The summed E-state index contributed by atoms with van der Waals surface area (Å²) in [6.07, 6.45) is 17.8. The van der Waals surface area contributed by atoms with Crippen LogP contribution in [0.4, 0.5) is 0 Å². The molecule has 0 heterocycles. The molecule has 0 radical (unpaired) electrons. The second kappa shape index (κ2) is 15.7. The van der Waals surface area contributed by atoms with Crippen LogP contribution >= 0.6 is 0 Å². The molecular formula is C24H38O2. The fourth-order valence-electron chi connectivity index (χ4n) is 3.36. The molecule has 1 aromatic carbocycles. The number of hydrogen-bond donors (Lipinski definition) is 0. The van der Waals surface area contributed by atoms with Crippen LogP contribution in [0.2, 0.25) is 0 Å². The van der Waals surface area contributed by atoms with Crippen molar-refractivity contribution in [3.63, 3.8) is 0 Å². The average molecular weight is 359 g/mol. The van der Waals surface area contributed by atoms with Gasteiger partial charge in [-0.3, -0.25) is 4.79 Å². The highest BCUT2D eigenvalue weighted by atomic mass is 16.5. The molecule has 0 aliphatic heterocycles. The van der Waals surface area contributed by atoms with Crippen molar-refractivity contribution in [2.75, 3.05) is 0 Å². The smallest absolute Gasteiger partial charge is 0.311 e. The van der Waals surface area contributed by atoms with E-state index >= 15 is 0 Å². The molecule has 0 fully saturated rings. The molecule has 1 atom stereocenters. The SMILES string of the molecule is C=CCC(CCCCCCCCCCCC)CC(=O)Oc1ccccc1. The lowest BCUT2D eigenvalue weighted by molar-refractivity contribution is -0.135. The number of ether oxygens (including phenoxy) is 1. The van der Waals surface area contributed by atoms with Crippen molar-refractivity contribution in [3.05, 3.63) is 43.0 Å². The van der Waals surface area contributed by atoms with Crippen LogP contribution in [0.3, 0.4) is 0 Å². The first-order chi connectivity index (χ1) is 12.8. The summed E-state index contributed by atoms with van der Waals surface area (Å²) in [5.41, 5.74) is 0. The third-order valence-corrected chi connectivity index (χ3v) is 4.90. The van der Waals surface area contributed by atoms with E-state index in [0.717, 1.165) is 12.8 Å². The molecule has 0 amide bonds. The summed E-state index contributed by atoms with van der Waals surface area (Å²) < 4.78 is 5.42. The van der Waals surface area contributed by atoms with Gasteiger partial charge in [-0.15, -0.1) is 6.58 Å². The summed E-state index contributed by atoms with van der Waals surface area (Å²) in [5.74, 6) is 0.863. The minimum Gasteiger partial charge on any atom is -0.427 e. The number of rotatable bonds is 16. The molecule has 0 aliphatic rings. The molecule has 2 heteroatoms. The average Bonchev–Trinajstić information content (AvgIpc) is 2.64. The Morgan fingerprint density at radius 1 is 0.962 bits per heavy atom. The zero-order chi connectivity index (χ0) is 18.9. The van der Waals surface area contributed by atoms with E-state index in [1.54, 1.807) is 0 Å². The van der Waals surface area contributed by atoms with Crippen LogP contribution in [0.15, 0.2) is 43.0 Å². The van der Waals surface area contributed by atoms with Crippen molar-refractivity contribution in [2.45, 2.75) is 90.4 Å². The van der Waals surface area contributed by atoms with E-state index in [-0.39, 0.29) is 5.97 Å². The van der Waals surface area contributed by atoms with E-state index in [4.69, 9.17) is 4.74 Å². The molecular weight excluding hydrogens is 320 g/mol. The number of esters is 1. The third kappa shape index (κ3) is 11.9. The van der Waals surface area contributed by atoms with Crippen LogP contribution in [-0.4, -0.2) is 5.97 Å². The van der Waals surface area contributed by atoms with Gasteiger partial charge in [0.25, 0.3) is 0 Å². The van der Waals surface area contributed by atoms with E-state index in [1.165, 1.54) is 64.2 Å². The minimum atomic E-state index is -0.130. The molecule has 0 saturated heterocycles. The third-order valence-electron chi connectivity index (χ3n) is 4.90. The molecule has 2 nitrogen and oxygen atoms in total. The van der Waals surface area contributed by atoms with Gasteiger partial charge in [0.1, 0.15) is 5.75 Å².